The molecule has 0 aromatic heterocycles. The first-order valence-corrected chi connectivity index (χ1v) is 11.7. The average Bonchev–Trinajstić information content (AvgIpc) is 3.35. The van der Waals surface area contributed by atoms with Crippen LogP contribution < -0.4 is 10.2 Å². The van der Waals surface area contributed by atoms with Crippen molar-refractivity contribution in [2.24, 2.45) is 0 Å². The summed E-state index contributed by atoms with van der Waals surface area (Å²) in [5.41, 5.74) is 2.24. The van der Waals surface area contributed by atoms with Crippen molar-refractivity contribution in [2.75, 3.05) is 49.5 Å². The van der Waals surface area contributed by atoms with Crippen LogP contribution in [0.15, 0.2) is 54.6 Å². The van der Waals surface area contributed by atoms with E-state index in [2.05, 4.69) is 22.0 Å². The van der Waals surface area contributed by atoms with Crippen LogP contribution in [0.2, 0.25) is 0 Å². The second-order valence-corrected chi connectivity index (χ2v) is 8.75. The number of likely N-dealkylation sites (N-methyl/N-ethyl adjacent to an activating group) is 1. The van der Waals surface area contributed by atoms with Gasteiger partial charge in [0.15, 0.2) is 6.61 Å². The number of hydrogen-bond donors (Lipinski definition) is 1. The second kappa shape index (κ2) is 10.2. The summed E-state index contributed by atoms with van der Waals surface area (Å²) in [7, 11) is 0. The molecule has 6 heteroatoms. The summed E-state index contributed by atoms with van der Waals surface area (Å²) >= 11 is 0. The third kappa shape index (κ3) is 4.96. The Morgan fingerprint density at radius 3 is 2.22 bits per heavy atom. The van der Waals surface area contributed by atoms with Gasteiger partial charge in [-0.3, -0.25) is 9.59 Å². The molecular weight excluding hydrogens is 402 g/mol. The minimum Gasteiger partial charge on any atom is -0.455 e. The van der Waals surface area contributed by atoms with E-state index in [0.29, 0.717) is 5.69 Å². The number of amides is 1. The average molecular weight is 436 g/mol. The van der Waals surface area contributed by atoms with Crippen molar-refractivity contribution < 1.29 is 14.3 Å². The molecule has 0 bridgehead atoms. The molecule has 0 atom stereocenters. The number of nitrogens with one attached hydrogen (secondary N) is 1. The smallest absolute Gasteiger partial charge is 0.317 e. The Kier molecular flexibility index (Phi) is 7.10. The Labute approximate surface area is 190 Å². The zero-order valence-corrected chi connectivity index (χ0v) is 18.9. The van der Waals surface area contributed by atoms with E-state index in [1.807, 2.05) is 54.6 Å². The summed E-state index contributed by atoms with van der Waals surface area (Å²) in [5.74, 6) is -0.609. The molecule has 2 fully saturated rings. The predicted octanol–water partition coefficient (Wildman–Crippen LogP) is 3.82. The molecule has 2 aromatic carbocycles. The molecule has 1 N–H and O–H groups in total. The first-order chi connectivity index (χ1) is 15.6. The predicted molar refractivity (Wildman–Crippen MR) is 127 cm³/mol. The fourth-order valence-corrected chi connectivity index (χ4v) is 4.89. The van der Waals surface area contributed by atoms with Gasteiger partial charge < -0.3 is 19.9 Å². The van der Waals surface area contributed by atoms with Crippen LogP contribution in [0.3, 0.4) is 0 Å². The van der Waals surface area contributed by atoms with Crippen LogP contribution in [0.25, 0.3) is 0 Å². The minimum atomic E-state index is -0.620. The number of benzene rings is 2. The van der Waals surface area contributed by atoms with Crippen LogP contribution in [0.5, 0.6) is 0 Å². The van der Waals surface area contributed by atoms with Gasteiger partial charge in [0, 0.05) is 37.6 Å². The van der Waals surface area contributed by atoms with E-state index >= 15 is 0 Å². The standard InChI is InChI=1S/C26H33N3O3/c1-2-28-16-18-29(19-17-28)23-12-10-22(11-13-23)27-24(30)20-32-25(31)26(14-6-7-15-26)21-8-4-3-5-9-21/h3-5,8-13H,2,6-7,14-20H2,1H3,(H,27,30). The zero-order chi connectivity index (χ0) is 22.4. The molecule has 32 heavy (non-hydrogen) atoms. The molecule has 1 aliphatic heterocycles. The number of carbonyl (C=O) groups is 2. The number of nitrogens with zero attached hydrogens (tertiary/aromatic N) is 2. The van der Waals surface area contributed by atoms with E-state index in [-0.39, 0.29) is 18.5 Å². The fraction of sp³-hybridized carbons (Fsp3) is 0.462. The fourth-order valence-electron chi connectivity index (χ4n) is 4.89. The van der Waals surface area contributed by atoms with Gasteiger partial charge in [-0.2, -0.15) is 0 Å². The SMILES string of the molecule is CCN1CCN(c2ccc(NC(=O)COC(=O)C3(c4ccccc4)CCCC3)cc2)CC1. The van der Waals surface area contributed by atoms with Crippen LogP contribution >= 0.6 is 0 Å². The molecule has 1 saturated carbocycles. The highest BCUT2D eigenvalue weighted by atomic mass is 16.5. The maximum atomic E-state index is 13.0. The van der Waals surface area contributed by atoms with Gasteiger partial charge in [-0.1, -0.05) is 50.1 Å². The summed E-state index contributed by atoms with van der Waals surface area (Å²) < 4.78 is 5.49. The van der Waals surface area contributed by atoms with Crippen LogP contribution in [0, 0.1) is 0 Å². The lowest BCUT2D eigenvalue weighted by Crippen LogP contribution is -2.46. The van der Waals surface area contributed by atoms with E-state index in [1.165, 1.54) is 0 Å². The van der Waals surface area contributed by atoms with Gasteiger partial charge in [-0.15, -0.1) is 0 Å². The lowest BCUT2D eigenvalue weighted by atomic mass is 9.79. The van der Waals surface area contributed by atoms with E-state index in [4.69, 9.17) is 4.74 Å². The lowest BCUT2D eigenvalue weighted by Gasteiger charge is -2.35. The van der Waals surface area contributed by atoms with Crippen molar-refractivity contribution in [3.05, 3.63) is 60.2 Å². The maximum Gasteiger partial charge on any atom is 0.317 e. The molecule has 2 aromatic rings. The number of esters is 1. The summed E-state index contributed by atoms with van der Waals surface area (Å²) in [6.45, 7) is 7.19. The number of carbonyl (C=O) groups excluding carboxylic acids is 2. The number of anilines is 2. The maximum absolute atomic E-state index is 13.0. The first kappa shape index (κ1) is 22.3. The zero-order valence-electron chi connectivity index (χ0n) is 18.9. The molecule has 1 heterocycles. The van der Waals surface area contributed by atoms with Crippen molar-refractivity contribution in [1.29, 1.82) is 0 Å². The Morgan fingerprint density at radius 2 is 1.59 bits per heavy atom. The third-order valence-electron chi connectivity index (χ3n) is 6.84. The van der Waals surface area contributed by atoms with Crippen LogP contribution in [0.1, 0.15) is 38.2 Å². The molecule has 0 spiro atoms. The van der Waals surface area contributed by atoms with Crippen molar-refractivity contribution in [3.8, 4) is 0 Å². The number of piperazine rings is 1. The molecule has 2 aliphatic rings. The largest absolute Gasteiger partial charge is 0.455 e. The highest BCUT2D eigenvalue weighted by Crippen LogP contribution is 2.42. The van der Waals surface area contributed by atoms with Gasteiger partial charge in [0.05, 0.1) is 5.41 Å². The van der Waals surface area contributed by atoms with E-state index < -0.39 is 5.41 Å². The van der Waals surface area contributed by atoms with Crippen LogP contribution in [-0.2, 0) is 19.7 Å². The van der Waals surface area contributed by atoms with E-state index in [1.54, 1.807) is 0 Å². The highest BCUT2D eigenvalue weighted by molar-refractivity contribution is 5.94. The molecule has 1 amide bonds. The Hall–Kier alpha value is -2.86. The van der Waals surface area contributed by atoms with Gasteiger partial charge in [0.1, 0.15) is 0 Å². The number of rotatable bonds is 7. The molecule has 6 nitrogen and oxygen atoms in total. The van der Waals surface area contributed by atoms with Crippen molar-refractivity contribution in [2.45, 2.75) is 38.0 Å². The van der Waals surface area contributed by atoms with Gasteiger partial charge in [-0.25, -0.2) is 0 Å². The first-order valence-electron chi connectivity index (χ1n) is 11.7. The van der Waals surface area contributed by atoms with Crippen LogP contribution in [0.4, 0.5) is 11.4 Å². The van der Waals surface area contributed by atoms with E-state index in [0.717, 1.165) is 69.7 Å². The third-order valence-corrected chi connectivity index (χ3v) is 6.84. The Balaban J connectivity index is 1.30. The molecule has 4 rings (SSSR count). The molecular formula is C26H33N3O3. The molecule has 0 unspecified atom stereocenters. The monoisotopic (exact) mass is 435 g/mol. The summed E-state index contributed by atoms with van der Waals surface area (Å²) in [4.78, 5) is 30.2. The minimum absolute atomic E-state index is 0.270. The Bertz CT molecular complexity index is 900. The van der Waals surface area contributed by atoms with Crippen molar-refractivity contribution in [1.82, 2.24) is 4.90 Å². The van der Waals surface area contributed by atoms with Gasteiger partial charge in [0.2, 0.25) is 0 Å². The highest BCUT2D eigenvalue weighted by Gasteiger charge is 2.44. The summed E-state index contributed by atoms with van der Waals surface area (Å²) in [5, 5.41) is 2.84. The van der Waals surface area contributed by atoms with Crippen molar-refractivity contribution in [3.63, 3.8) is 0 Å². The van der Waals surface area contributed by atoms with Gasteiger partial charge >= 0.3 is 5.97 Å². The second-order valence-electron chi connectivity index (χ2n) is 8.75. The normalized spacial score (nSPS) is 18.3. The summed E-state index contributed by atoms with van der Waals surface area (Å²) in [6.07, 6.45) is 3.53. The summed E-state index contributed by atoms with van der Waals surface area (Å²) in [6, 6.07) is 17.7. The molecule has 170 valence electrons. The number of ether oxygens (including phenoxy) is 1. The van der Waals surface area contributed by atoms with Gasteiger partial charge in [0.25, 0.3) is 5.91 Å². The topological polar surface area (TPSA) is 61.9 Å². The quantitative estimate of drug-likeness (QED) is 0.670. The van der Waals surface area contributed by atoms with Crippen molar-refractivity contribution >= 4 is 23.3 Å². The Morgan fingerprint density at radius 1 is 0.938 bits per heavy atom. The van der Waals surface area contributed by atoms with E-state index in [9.17, 15) is 9.59 Å². The molecule has 0 radical (unpaired) electrons. The van der Waals surface area contributed by atoms with Gasteiger partial charge in [-0.05, 0) is 49.2 Å². The molecule has 1 aliphatic carbocycles. The molecule has 1 saturated heterocycles. The number of hydrogen-bond acceptors (Lipinski definition) is 5. The lowest BCUT2D eigenvalue weighted by molar-refractivity contribution is -0.153. The van der Waals surface area contributed by atoms with Crippen LogP contribution in [-0.4, -0.2) is 56.1 Å².